The lowest BCUT2D eigenvalue weighted by Gasteiger charge is -2.10. The molecule has 8 nitrogen and oxygen atoms in total. The molecular formula is C14H14F3N5O3. The van der Waals surface area contributed by atoms with Gasteiger partial charge < -0.3 is 10.2 Å². The second-order valence-electron chi connectivity index (χ2n) is 5.33. The van der Waals surface area contributed by atoms with Crippen LogP contribution in [0.3, 0.4) is 0 Å². The highest BCUT2D eigenvalue weighted by atomic mass is 19.4. The molecule has 0 saturated heterocycles. The maximum Gasteiger partial charge on any atom is 0.416 e. The molecule has 0 fully saturated rings. The predicted molar refractivity (Wildman–Crippen MR) is 82.3 cm³/mol. The summed E-state index contributed by atoms with van der Waals surface area (Å²) in [7, 11) is 3.16. The second-order valence-corrected chi connectivity index (χ2v) is 5.33. The number of hydrogen-bond donors (Lipinski definition) is 1. The van der Waals surface area contributed by atoms with Crippen LogP contribution in [0.2, 0.25) is 0 Å². The van der Waals surface area contributed by atoms with Crippen molar-refractivity contribution in [2.24, 2.45) is 0 Å². The Hall–Kier alpha value is -3.11. The van der Waals surface area contributed by atoms with Gasteiger partial charge in [-0.25, -0.2) is 0 Å². The molecule has 0 saturated carbocycles. The average Bonchev–Trinajstić information content (AvgIpc) is 2.93. The van der Waals surface area contributed by atoms with Gasteiger partial charge in [-0.1, -0.05) is 0 Å². The quantitative estimate of drug-likeness (QED) is 0.656. The molecule has 0 spiro atoms. The van der Waals surface area contributed by atoms with E-state index in [0.717, 1.165) is 12.1 Å². The minimum atomic E-state index is -4.68. The number of carbonyl (C=O) groups excluding carboxylic acids is 1. The monoisotopic (exact) mass is 357 g/mol. The lowest BCUT2D eigenvalue weighted by Crippen LogP contribution is -2.26. The third kappa shape index (κ3) is 4.46. The van der Waals surface area contributed by atoms with Gasteiger partial charge in [0.2, 0.25) is 5.91 Å². The molecule has 134 valence electrons. The van der Waals surface area contributed by atoms with Gasteiger partial charge in [0.15, 0.2) is 0 Å². The average molecular weight is 357 g/mol. The number of aromatic nitrogens is 2. The molecule has 0 aliphatic rings. The normalized spacial score (nSPS) is 11.2. The van der Waals surface area contributed by atoms with Crippen molar-refractivity contribution in [3.05, 3.63) is 46.3 Å². The summed E-state index contributed by atoms with van der Waals surface area (Å²) in [4.78, 5) is 23.1. The molecule has 1 aromatic heterocycles. The summed E-state index contributed by atoms with van der Waals surface area (Å²) in [5, 5.41) is 17.6. The molecule has 0 radical (unpaired) electrons. The van der Waals surface area contributed by atoms with E-state index in [2.05, 4.69) is 10.4 Å². The molecule has 0 bridgehead atoms. The number of nitrogens with zero attached hydrogens (tertiary/aromatic N) is 4. The summed E-state index contributed by atoms with van der Waals surface area (Å²) >= 11 is 0. The number of carbonyl (C=O) groups is 1. The molecule has 0 aliphatic carbocycles. The summed E-state index contributed by atoms with van der Waals surface area (Å²) in [6.45, 7) is -0.0379. The van der Waals surface area contributed by atoms with Gasteiger partial charge in [0.1, 0.15) is 12.2 Å². The van der Waals surface area contributed by atoms with Crippen molar-refractivity contribution in [2.45, 2.75) is 12.7 Å². The van der Waals surface area contributed by atoms with E-state index >= 15 is 0 Å². The summed E-state index contributed by atoms with van der Waals surface area (Å²) in [5.74, 6) is -0.213. The van der Waals surface area contributed by atoms with E-state index in [1.54, 1.807) is 14.1 Å². The highest BCUT2D eigenvalue weighted by Gasteiger charge is 2.33. The molecule has 0 atom stereocenters. The first kappa shape index (κ1) is 18.2. The van der Waals surface area contributed by atoms with Crippen LogP contribution >= 0.6 is 0 Å². The van der Waals surface area contributed by atoms with Crippen LogP contribution in [0, 0.1) is 10.1 Å². The number of halogens is 3. The second kappa shape index (κ2) is 6.79. The summed E-state index contributed by atoms with van der Waals surface area (Å²) in [5.41, 5.74) is -1.64. The highest BCUT2D eigenvalue weighted by Crippen LogP contribution is 2.35. The molecule has 1 aromatic carbocycles. The first-order valence-corrected chi connectivity index (χ1v) is 6.93. The highest BCUT2D eigenvalue weighted by molar-refractivity contribution is 5.75. The third-order valence-electron chi connectivity index (χ3n) is 3.23. The van der Waals surface area contributed by atoms with Gasteiger partial charge in [0.05, 0.1) is 22.4 Å². The fraction of sp³-hybridized carbons (Fsp3) is 0.286. The molecule has 2 rings (SSSR count). The topological polar surface area (TPSA) is 93.3 Å². The van der Waals surface area contributed by atoms with Crippen molar-refractivity contribution in [2.75, 3.05) is 19.4 Å². The largest absolute Gasteiger partial charge is 0.416 e. The first-order valence-electron chi connectivity index (χ1n) is 6.93. The Balaban J connectivity index is 2.24. The van der Waals surface area contributed by atoms with Crippen LogP contribution in [0.15, 0.2) is 30.6 Å². The predicted octanol–water partition coefficient (Wildman–Crippen LogP) is 2.64. The summed E-state index contributed by atoms with van der Waals surface area (Å²) < 4.78 is 39.4. The third-order valence-corrected chi connectivity index (χ3v) is 3.23. The maximum absolute atomic E-state index is 12.7. The number of likely N-dealkylation sites (N-methyl/N-ethyl adjacent to an activating group) is 1. The SMILES string of the molecule is CN(C)C(=O)Cn1cc(Nc2ccc(C(F)(F)F)cc2[N+](=O)[O-])cn1. The lowest BCUT2D eigenvalue weighted by molar-refractivity contribution is -0.384. The number of benzene rings is 1. The minimum absolute atomic E-state index is 0.0379. The van der Waals surface area contributed by atoms with E-state index in [1.807, 2.05) is 0 Å². The van der Waals surface area contributed by atoms with Gasteiger partial charge in [0, 0.05) is 26.4 Å². The molecule has 1 heterocycles. The van der Waals surface area contributed by atoms with Crippen molar-refractivity contribution in [3.8, 4) is 0 Å². The Bertz CT molecular complexity index is 801. The Morgan fingerprint density at radius 3 is 2.64 bits per heavy atom. The molecule has 25 heavy (non-hydrogen) atoms. The van der Waals surface area contributed by atoms with Crippen molar-refractivity contribution >= 4 is 23.0 Å². The number of nitro groups is 1. The minimum Gasteiger partial charge on any atom is -0.347 e. The van der Waals surface area contributed by atoms with Crippen LogP contribution in [-0.4, -0.2) is 39.6 Å². The lowest BCUT2D eigenvalue weighted by atomic mass is 10.1. The molecular weight excluding hydrogens is 343 g/mol. The maximum atomic E-state index is 12.7. The summed E-state index contributed by atoms with van der Waals surface area (Å²) in [6.07, 6.45) is -1.95. The Morgan fingerprint density at radius 1 is 1.40 bits per heavy atom. The van der Waals surface area contributed by atoms with Gasteiger partial charge in [-0.2, -0.15) is 18.3 Å². The van der Waals surface area contributed by atoms with Crippen LogP contribution in [0.25, 0.3) is 0 Å². The van der Waals surface area contributed by atoms with E-state index in [1.165, 1.54) is 22.0 Å². The van der Waals surface area contributed by atoms with E-state index < -0.39 is 22.4 Å². The zero-order chi connectivity index (χ0) is 18.8. The zero-order valence-corrected chi connectivity index (χ0v) is 13.2. The van der Waals surface area contributed by atoms with Crippen molar-refractivity contribution in [1.82, 2.24) is 14.7 Å². The number of hydrogen-bond acceptors (Lipinski definition) is 5. The number of alkyl halides is 3. The Morgan fingerprint density at radius 2 is 2.08 bits per heavy atom. The van der Waals surface area contributed by atoms with Crippen molar-refractivity contribution < 1.29 is 22.9 Å². The van der Waals surface area contributed by atoms with Gasteiger partial charge in [-0.3, -0.25) is 19.6 Å². The Kier molecular flexibility index (Phi) is 4.95. The van der Waals surface area contributed by atoms with Crippen LogP contribution in [0.4, 0.5) is 30.2 Å². The first-order chi connectivity index (χ1) is 11.6. The van der Waals surface area contributed by atoms with Crippen LogP contribution < -0.4 is 5.32 Å². The Labute approximate surface area is 140 Å². The van der Waals surface area contributed by atoms with Crippen molar-refractivity contribution in [3.63, 3.8) is 0 Å². The molecule has 0 aliphatic heterocycles. The van der Waals surface area contributed by atoms with Crippen LogP contribution in [0.1, 0.15) is 5.56 Å². The fourth-order valence-electron chi connectivity index (χ4n) is 1.91. The van der Waals surface area contributed by atoms with E-state index in [9.17, 15) is 28.1 Å². The summed E-state index contributed by atoms with van der Waals surface area (Å²) in [6, 6.07) is 2.18. The molecule has 0 unspecified atom stereocenters. The van der Waals surface area contributed by atoms with Gasteiger partial charge >= 0.3 is 6.18 Å². The number of nitrogens with one attached hydrogen (secondary N) is 1. The van der Waals surface area contributed by atoms with E-state index in [4.69, 9.17) is 0 Å². The fourth-order valence-corrected chi connectivity index (χ4v) is 1.91. The van der Waals surface area contributed by atoms with E-state index in [-0.39, 0.29) is 18.1 Å². The van der Waals surface area contributed by atoms with Crippen LogP contribution in [0.5, 0.6) is 0 Å². The smallest absolute Gasteiger partial charge is 0.347 e. The number of anilines is 2. The van der Waals surface area contributed by atoms with Gasteiger partial charge in [-0.15, -0.1) is 0 Å². The molecule has 1 amide bonds. The number of amides is 1. The number of rotatable bonds is 5. The molecule has 1 N–H and O–H groups in total. The molecule has 11 heteroatoms. The molecule has 2 aromatic rings. The van der Waals surface area contributed by atoms with Crippen molar-refractivity contribution in [1.29, 1.82) is 0 Å². The standard InChI is InChI=1S/C14H14F3N5O3/c1-20(2)13(23)8-21-7-10(6-18-21)19-11-4-3-9(14(15,16)17)5-12(11)22(24)25/h3-7,19H,8H2,1-2H3. The zero-order valence-electron chi connectivity index (χ0n) is 13.2. The van der Waals surface area contributed by atoms with Gasteiger partial charge in [-0.05, 0) is 12.1 Å². The van der Waals surface area contributed by atoms with E-state index in [0.29, 0.717) is 11.8 Å². The van der Waals surface area contributed by atoms with Crippen LogP contribution in [-0.2, 0) is 17.5 Å². The van der Waals surface area contributed by atoms with Gasteiger partial charge in [0.25, 0.3) is 5.69 Å². The number of nitro benzene ring substituents is 1.